The molecular formula is C18H29NO-. The summed E-state index contributed by atoms with van der Waals surface area (Å²) < 4.78 is 0. The summed E-state index contributed by atoms with van der Waals surface area (Å²) in [6.45, 7) is 18.8. The van der Waals surface area contributed by atoms with Crippen LogP contribution in [0.25, 0.3) is 5.32 Å². The lowest BCUT2D eigenvalue weighted by atomic mass is 9.79. The summed E-state index contributed by atoms with van der Waals surface area (Å²) in [6, 6.07) is 4.02. The molecular weight excluding hydrogens is 246 g/mol. The Balaban J connectivity index is 3.51. The van der Waals surface area contributed by atoms with Gasteiger partial charge >= 0.3 is 0 Å². The quantitative estimate of drug-likeness (QED) is 0.582. The van der Waals surface area contributed by atoms with E-state index in [1.807, 2.05) is 26.8 Å². The molecule has 2 heteroatoms. The van der Waals surface area contributed by atoms with Crippen LogP contribution in [0.1, 0.15) is 73.4 Å². The van der Waals surface area contributed by atoms with Gasteiger partial charge in [-0.25, -0.2) is 0 Å². The highest BCUT2D eigenvalue weighted by atomic mass is 16.3. The van der Waals surface area contributed by atoms with Gasteiger partial charge in [-0.15, -0.1) is 5.54 Å². The van der Waals surface area contributed by atoms with Gasteiger partial charge in [0.15, 0.2) is 5.75 Å². The van der Waals surface area contributed by atoms with Crippen LogP contribution in [0.3, 0.4) is 0 Å². The van der Waals surface area contributed by atoms with E-state index in [4.69, 9.17) is 0 Å². The van der Waals surface area contributed by atoms with Crippen LogP contribution in [-0.2, 0) is 15.9 Å². The molecule has 20 heavy (non-hydrogen) atoms. The monoisotopic (exact) mass is 275 g/mol. The third kappa shape index (κ3) is 4.16. The Hall–Kier alpha value is -1.18. The Labute approximate surface area is 124 Å². The minimum Gasteiger partial charge on any atom is -0.677 e. The molecule has 1 radical (unpaired) electrons. The zero-order valence-electron chi connectivity index (χ0n) is 14.5. The molecule has 0 saturated heterocycles. The standard InChI is InChI=1S/C18H29NO/c1-16(2,3)12-10-13(17(4,5)6)15(20)14(11-12)19-18(7,8)9/h10-11H,1-9H3/q-1. The molecule has 113 valence electrons. The predicted molar refractivity (Wildman–Crippen MR) is 86.7 cm³/mol. The lowest BCUT2D eigenvalue weighted by Gasteiger charge is -2.40. The highest BCUT2D eigenvalue weighted by Gasteiger charge is 2.24. The summed E-state index contributed by atoms with van der Waals surface area (Å²) in [5, 5.41) is 17.3. The van der Waals surface area contributed by atoms with E-state index >= 15 is 0 Å². The van der Waals surface area contributed by atoms with E-state index in [-0.39, 0.29) is 22.1 Å². The Morgan fingerprint density at radius 3 is 1.65 bits per heavy atom. The van der Waals surface area contributed by atoms with Crippen molar-refractivity contribution < 1.29 is 5.11 Å². The maximum absolute atomic E-state index is 12.7. The Kier molecular flexibility index (Phi) is 4.20. The van der Waals surface area contributed by atoms with E-state index in [2.05, 4.69) is 52.9 Å². The highest BCUT2D eigenvalue weighted by Crippen LogP contribution is 2.45. The fraction of sp³-hybridized carbons (Fsp3) is 0.667. The van der Waals surface area contributed by atoms with Gasteiger partial charge in [0.2, 0.25) is 0 Å². The molecule has 0 unspecified atom stereocenters. The summed E-state index contributed by atoms with van der Waals surface area (Å²) >= 11 is 0. The largest absolute Gasteiger partial charge is 0.677 e. The number of nitrogens with zero attached hydrogens (tertiary/aromatic N) is 1. The Morgan fingerprint density at radius 2 is 1.30 bits per heavy atom. The van der Waals surface area contributed by atoms with Crippen molar-refractivity contribution in [3.8, 4) is 5.75 Å². The first-order chi connectivity index (χ1) is 8.72. The van der Waals surface area contributed by atoms with Crippen LogP contribution in [-0.4, -0.2) is 5.54 Å². The second-order valence-corrected chi connectivity index (χ2v) is 8.65. The van der Waals surface area contributed by atoms with Gasteiger partial charge in [0.25, 0.3) is 0 Å². The van der Waals surface area contributed by atoms with Crippen molar-refractivity contribution in [1.82, 2.24) is 0 Å². The minimum absolute atomic E-state index is 0.00978. The first-order valence-corrected chi connectivity index (χ1v) is 7.31. The normalized spacial score (nSPS) is 13.4. The molecule has 0 N–H and O–H groups in total. The maximum atomic E-state index is 12.7. The Morgan fingerprint density at radius 1 is 0.800 bits per heavy atom. The number of benzene rings is 1. The third-order valence-corrected chi connectivity index (χ3v) is 3.20. The molecule has 0 aliphatic heterocycles. The van der Waals surface area contributed by atoms with Gasteiger partial charge in [0, 0.05) is 5.56 Å². The van der Waals surface area contributed by atoms with E-state index in [1.54, 1.807) is 0 Å². The van der Waals surface area contributed by atoms with Crippen molar-refractivity contribution in [2.75, 3.05) is 0 Å². The van der Waals surface area contributed by atoms with Crippen molar-refractivity contribution in [3.63, 3.8) is 0 Å². The molecule has 1 aromatic carbocycles. The van der Waals surface area contributed by atoms with Gasteiger partial charge in [-0.05, 0) is 16.4 Å². The summed E-state index contributed by atoms with van der Waals surface area (Å²) in [7, 11) is 0. The molecule has 0 bridgehead atoms. The molecule has 2 nitrogen and oxygen atoms in total. The van der Waals surface area contributed by atoms with Gasteiger partial charge in [-0.1, -0.05) is 80.1 Å². The summed E-state index contributed by atoms with van der Waals surface area (Å²) in [4.78, 5) is 0. The molecule has 0 heterocycles. The van der Waals surface area contributed by atoms with Gasteiger partial charge < -0.3 is 5.32 Å². The van der Waals surface area contributed by atoms with E-state index in [1.165, 1.54) is 5.56 Å². The van der Waals surface area contributed by atoms with Gasteiger partial charge in [-0.3, -0.25) is 5.11 Å². The van der Waals surface area contributed by atoms with Crippen LogP contribution < -0.4 is 0 Å². The molecule has 0 amide bonds. The first-order valence-electron chi connectivity index (χ1n) is 7.31. The highest BCUT2D eigenvalue weighted by molar-refractivity contribution is 5.67. The molecule has 1 rings (SSSR count). The summed E-state index contributed by atoms with van der Waals surface area (Å²) in [5.74, 6) is 0.0698. The van der Waals surface area contributed by atoms with Crippen LogP contribution in [0.2, 0.25) is 0 Å². The number of rotatable bonds is 1. The smallest absolute Gasteiger partial charge is 0.167 e. The fourth-order valence-electron chi connectivity index (χ4n) is 2.05. The fourth-order valence-corrected chi connectivity index (χ4v) is 2.05. The van der Waals surface area contributed by atoms with Crippen molar-refractivity contribution in [2.45, 2.75) is 78.7 Å². The molecule has 0 atom stereocenters. The van der Waals surface area contributed by atoms with Crippen LogP contribution in [0.5, 0.6) is 5.75 Å². The molecule has 0 aromatic heterocycles. The molecule has 0 aliphatic carbocycles. The maximum Gasteiger partial charge on any atom is 0.167 e. The van der Waals surface area contributed by atoms with E-state index in [9.17, 15) is 5.11 Å². The molecule has 0 fully saturated rings. The van der Waals surface area contributed by atoms with Crippen LogP contribution in [0.4, 0.5) is 5.69 Å². The van der Waals surface area contributed by atoms with Crippen LogP contribution in [0.15, 0.2) is 12.1 Å². The van der Waals surface area contributed by atoms with E-state index in [0.29, 0.717) is 5.69 Å². The van der Waals surface area contributed by atoms with Crippen molar-refractivity contribution in [1.29, 1.82) is 0 Å². The Bertz CT molecular complexity index is 482. The lowest BCUT2D eigenvalue weighted by molar-refractivity contribution is 0.342. The predicted octanol–water partition coefficient (Wildman–Crippen LogP) is 6.23. The van der Waals surface area contributed by atoms with Crippen molar-refractivity contribution >= 4 is 5.69 Å². The van der Waals surface area contributed by atoms with Crippen LogP contribution >= 0.6 is 0 Å². The summed E-state index contributed by atoms with van der Waals surface area (Å²) in [5.41, 5.74) is 2.22. The molecule has 1 aromatic rings. The lowest BCUT2D eigenvalue weighted by Crippen LogP contribution is -2.17. The minimum atomic E-state index is -0.245. The van der Waals surface area contributed by atoms with Gasteiger partial charge in [-0.2, -0.15) is 0 Å². The summed E-state index contributed by atoms with van der Waals surface area (Å²) in [6.07, 6.45) is 0. The molecule has 0 saturated carbocycles. The van der Waals surface area contributed by atoms with E-state index < -0.39 is 0 Å². The zero-order valence-corrected chi connectivity index (χ0v) is 14.5. The average Bonchev–Trinajstić information content (AvgIpc) is 2.15. The second-order valence-electron chi connectivity index (χ2n) is 8.65. The van der Waals surface area contributed by atoms with Crippen LogP contribution in [0, 0.1) is 0 Å². The number of hydrogen-bond donors (Lipinski definition) is 0. The van der Waals surface area contributed by atoms with Crippen molar-refractivity contribution in [2.24, 2.45) is 0 Å². The zero-order chi connectivity index (χ0) is 15.9. The van der Waals surface area contributed by atoms with E-state index in [0.717, 1.165) is 5.56 Å². The molecule has 0 spiro atoms. The SMILES string of the molecule is CC(C)(C)[N-]c1cc(C(C)(C)C)cc(C(C)(C)C)c1[O]. The topological polar surface area (TPSA) is 34.0 Å². The average molecular weight is 275 g/mol. The third-order valence-electron chi connectivity index (χ3n) is 3.20. The molecule has 0 aliphatic rings. The number of hydrogen-bond acceptors (Lipinski definition) is 0. The second kappa shape index (κ2) is 4.98. The van der Waals surface area contributed by atoms with Gasteiger partial charge in [0.1, 0.15) is 0 Å². The first kappa shape index (κ1) is 16.9. The van der Waals surface area contributed by atoms with Crippen molar-refractivity contribution in [3.05, 3.63) is 28.6 Å². The van der Waals surface area contributed by atoms with Gasteiger partial charge in [0.05, 0.1) is 0 Å².